The van der Waals surface area contributed by atoms with E-state index in [1.807, 2.05) is 23.1 Å². The molecule has 0 atom stereocenters. The Morgan fingerprint density at radius 2 is 1.52 bits per heavy atom. The Hall–Kier alpha value is -3.15. The second kappa shape index (κ2) is 9.37. The van der Waals surface area contributed by atoms with Crippen molar-refractivity contribution in [2.75, 3.05) is 26.2 Å². The van der Waals surface area contributed by atoms with Crippen molar-refractivity contribution in [2.45, 2.75) is 26.2 Å². The van der Waals surface area contributed by atoms with Gasteiger partial charge in [-0.1, -0.05) is 30.3 Å². The molecule has 1 saturated heterocycles. The first-order chi connectivity index (χ1) is 13.9. The van der Waals surface area contributed by atoms with Gasteiger partial charge < -0.3 is 14.9 Å². The third-order valence-corrected chi connectivity index (χ3v) is 5.19. The molecule has 1 heterocycles. The monoisotopic (exact) mass is 394 g/mol. The Morgan fingerprint density at radius 1 is 0.897 bits per heavy atom. The summed E-state index contributed by atoms with van der Waals surface area (Å²) in [6, 6.07) is 14.8. The average molecular weight is 394 g/mol. The van der Waals surface area contributed by atoms with E-state index in [-0.39, 0.29) is 17.4 Å². The van der Waals surface area contributed by atoms with Crippen LogP contribution in [0.15, 0.2) is 48.5 Å². The predicted molar refractivity (Wildman–Crippen MR) is 110 cm³/mol. The van der Waals surface area contributed by atoms with E-state index in [9.17, 15) is 19.5 Å². The molecule has 2 aromatic carbocycles. The van der Waals surface area contributed by atoms with Gasteiger partial charge in [-0.05, 0) is 49.1 Å². The van der Waals surface area contributed by atoms with E-state index in [1.54, 1.807) is 24.0 Å². The smallest absolute Gasteiger partial charge is 0.335 e. The number of hydrogen-bond acceptors (Lipinski definition) is 3. The average Bonchev–Trinajstić information content (AvgIpc) is 2.73. The van der Waals surface area contributed by atoms with Crippen LogP contribution in [0.25, 0.3) is 0 Å². The molecule has 152 valence electrons. The van der Waals surface area contributed by atoms with Gasteiger partial charge in [-0.2, -0.15) is 0 Å². The van der Waals surface area contributed by atoms with Crippen molar-refractivity contribution in [1.29, 1.82) is 0 Å². The molecule has 0 bridgehead atoms. The van der Waals surface area contributed by atoms with Crippen molar-refractivity contribution < 1.29 is 19.5 Å². The van der Waals surface area contributed by atoms with Crippen LogP contribution in [-0.2, 0) is 11.2 Å². The molecule has 0 radical (unpaired) electrons. The minimum absolute atomic E-state index is 0.112. The Bertz CT molecular complexity index is 887. The molecule has 3 rings (SSSR count). The highest BCUT2D eigenvalue weighted by atomic mass is 16.4. The highest BCUT2D eigenvalue weighted by Crippen LogP contribution is 2.15. The zero-order valence-corrected chi connectivity index (χ0v) is 16.6. The third kappa shape index (κ3) is 5.44. The molecule has 0 spiro atoms. The quantitative estimate of drug-likeness (QED) is 0.817. The summed E-state index contributed by atoms with van der Waals surface area (Å²) < 4.78 is 0. The summed E-state index contributed by atoms with van der Waals surface area (Å²) in [5.74, 6) is -1.11. The van der Waals surface area contributed by atoms with Gasteiger partial charge in [0.05, 0.1) is 5.56 Å². The van der Waals surface area contributed by atoms with Crippen LogP contribution in [0.1, 0.15) is 44.7 Å². The van der Waals surface area contributed by atoms with Crippen LogP contribution in [-0.4, -0.2) is 58.9 Å². The van der Waals surface area contributed by atoms with Crippen molar-refractivity contribution in [1.82, 2.24) is 9.80 Å². The van der Waals surface area contributed by atoms with Gasteiger partial charge >= 0.3 is 5.97 Å². The number of hydrogen-bond donors (Lipinski definition) is 1. The number of carbonyl (C=O) groups excluding carboxylic acids is 2. The highest BCUT2D eigenvalue weighted by molar-refractivity contribution is 5.98. The molecule has 1 aliphatic rings. The lowest BCUT2D eigenvalue weighted by Crippen LogP contribution is -2.50. The van der Waals surface area contributed by atoms with Crippen LogP contribution >= 0.6 is 0 Å². The number of aryl methyl sites for hydroxylation is 2. The van der Waals surface area contributed by atoms with Gasteiger partial charge in [-0.25, -0.2) is 4.79 Å². The maximum atomic E-state index is 12.8. The molecule has 29 heavy (non-hydrogen) atoms. The molecule has 0 aliphatic carbocycles. The molecule has 1 aliphatic heterocycles. The molecular weight excluding hydrogens is 368 g/mol. The van der Waals surface area contributed by atoms with Gasteiger partial charge in [-0.15, -0.1) is 0 Å². The fourth-order valence-electron chi connectivity index (χ4n) is 3.62. The maximum absolute atomic E-state index is 12.8. The van der Waals surface area contributed by atoms with Crippen molar-refractivity contribution >= 4 is 17.8 Å². The second-order valence-electron chi connectivity index (χ2n) is 7.41. The van der Waals surface area contributed by atoms with Gasteiger partial charge in [0, 0.05) is 38.2 Å². The van der Waals surface area contributed by atoms with Crippen LogP contribution in [0, 0.1) is 6.92 Å². The zero-order valence-electron chi connectivity index (χ0n) is 16.6. The third-order valence-electron chi connectivity index (χ3n) is 5.19. The fourth-order valence-corrected chi connectivity index (χ4v) is 3.62. The van der Waals surface area contributed by atoms with Gasteiger partial charge in [0.2, 0.25) is 5.91 Å². The number of carboxylic acids is 1. The van der Waals surface area contributed by atoms with Crippen LogP contribution in [0.3, 0.4) is 0 Å². The number of nitrogens with zero attached hydrogens (tertiary/aromatic N) is 2. The first-order valence-corrected chi connectivity index (χ1v) is 9.90. The number of aromatic carboxylic acids is 1. The molecule has 1 N–H and O–H groups in total. The Kier molecular flexibility index (Phi) is 6.65. The number of benzene rings is 2. The lowest BCUT2D eigenvalue weighted by molar-refractivity contribution is -0.132. The normalized spacial score (nSPS) is 14.0. The Morgan fingerprint density at radius 3 is 2.17 bits per heavy atom. The minimum atomic E-state index is -1.05. The highest BCUT2D eigenvalue weighted by Gasteiger charge is 2.25. The van der Waals surface area contributed by atoms with E-state index in [4.69, 9.17) is 0 Å². The van der Waals surface area contributed by atoms with Crippen molar-refractivity contribution in [3.8, 4) is 0 Å². The van der Waals surface area contributed by atoms with Crippen LogP contribution < -0.4 is 0 Å². The van der Waals surface area contributed by atoms with Crippen LogP contribution in [0.4, 0.5) is 0 Å². The molecular formula is C23H26N2O4. The van der Waals surface area contributed by atoms with Crippen LogP contribution in [0.5, 0.6) is 0 Å². The van der Waals surface area contributed by atoms with E-state index in [1.165, 1.54) is 11.6 Å². The molecule has 0 aromatic heterocycles. The number of carbonyl (C=O) groups is 3. The fraction of sp³-hybridized carbons (Fsp3) is 0.348. The zero-order chi connectivity index (χ0) is 20.8. The van der Waals surface area contributed by atoms with E-state index in [0.717, 1.165) is 18.4 Å². The summed E-state index contributed by atoms with van der Waals surface area (Å²) in [4.78, 5) is 39.9. The van der Waals surface area contributed by atoms with Gasteiger partial charge in [0.25, 0.3) is 5.91 Å². The summed E-state index contributed by atoms with van der Waals surface area (Å²) >= 11 is 0. The lowest BCUT2D eigenvalue weighted by Gasteiger charge is -2.35. The predicted octanol–water partition coefficient (Wildman–Crippen LogP) is 3.00. The topological polar surface area (TPSA) is 77.9 Å². The Labute approximate surface area is 170 Å². The lowest BCUT2D eigenvalue weighted by atomic mass is 10.0. The molecule has 0 saturated carbocycles. The summed E-state index contributed by atoms with van der Waals surface area (Å²) in [6.07, 6.45) is 2.19. The van der Waals surface area contributed by atoms with E-state index in [2.05, 4.69) is 12.1 Å². The van der Waals surface area contributed by atoms with E-state index >= 15 is 0 Å². The molecule has 2 aromatic rings. The minimum Gasteiger partial charge on any atom is -0.478 e. The van der Waals surface area contributed by atoms with E-state index in [0.29, 0.717) is 38.2 Å². The molecule has 6 heteroatoms. The molecule has 1 fully saturated rings. The number of piperazine rings is 1. The molecule has 2 amide bonds. The summed E-state index contributed by atoms with van der Waals surface area (Å²) in [5, 5.41) is 9.20. The number of carboxylic acid groups (broad SMARTS) is 1. The maximum Gasteiger partial charge on any atom is 0.335 e. The second-order valence-corrected chi connectivity index (χ2v) is 7.41. The summed E-state index contributed by atoms with van der Waals surface area (Å²) in [6.45, 7) is 3.70. The van der Waals surface area contributed by atoms with Crippen molar-refractivity contribution in [2.24, 2.45) is 0 Å². The molecule has 0 unspecified atom stereocenters. The number of amides is 2. The Balaban J connectivity index is 1.50. The van der Waals surface area contributed by atoms with Crippen LogP contribution in [0.2, 0.25) is 0 Å². The number of rotatable bonds is 6. The summed E-state index contributed by atoms with van der Waals surface area (Å²) in [7, 11) is 0. The first kappa shape index (κ1) is 20.6. The summed E-state index contributed by atoms with van der Waals surface area (Å²) in [5.41, 5.74) is 2.46. The van der Waals surface area contributed by atoms with Crippen molar-refractivity contribution in [3.05, 3.63) is 70.8 Å². The van der Waals surface area contributed by atoms with Gasteiger partial charge in [0.15, 0.2) is 0 Å². The van der Waals surface area contributed by atoms with Gasteiger partial charge in [-0.3, -0.25) is 9.59 Å². The largest absolute Gasteiger partial charge is 0.478 e. The van der Waals surface area contributed by atoms with Gasteiger partial charge in [0.1, 0.15) is 0 Å². The first-order valence-electron chi connectivity index (χ1n) is 9.90. The SMILES string of the molecule is Cc1cc(C(=O)O)cc(C(=O)N2CCN(C(=O)CCCc3ccccc3)CC2)c1. The standard InChI is InChI=1S/C23H26N2O4/c1-17-14-19(16-20(15-17)23(28)29)22(27)25-12-10-24(11-13-25)21(26)9-5-8-18-6-3-2-4-7-18/h2-4,6-7,14-16H,5,8-13H2,1H3,(H,28,29). The molecule has 6 nitrogen and oxygen atoms in total. The van der Waals surface area contributed by atoms with E-state index < -0.39 is 5.97 Å². The van der Waals surface area contributed by atoms with Crippen molar-refractivity contribution in [3.63, 3.8) is 0 Å².